The van der Waals surface area contributed by atoms with Crippen molar-refractivity contribution in [1.82, 2.24) is 9.55 Å². The quantitative estimate of drug-likeness (QED) is 0.644. The third kappa shape index (κ3) is 4.39. The van der Waals surface area contributed by atoms with Gasteiger partial charge in [-0.05, 0) is 41.5 Å². The first-order chi connectivity index (χ1) is 13.8. The van der Waals surface area contributed by atoms with Crippen molar-refractivity contribution < 1.29 is 4.79 Å². The molecule has 3 rings (SSSR count). The average Bonchev–Trinajstić information content (AvgIpc) is 2.68. The molecule has 0 fully saturated rings. The lowest BCUT2D eigenvalue weighted by Crippen LogP contribution is -2.24. The molecule has 5 nitrogen and oxygen atoms in total. The number of fused-ring (bicyclic) bond motifs is 1. The molecular formula is C24H29N3O2. The lowest BCUT2D eigenvalue weighted by molar-refractivity contribution is -0.116. The molecule has 152 valence electrons. The number of aromatic nitrogens is 2. The molecule has 1 heterocycles. The van der Waals surface area contributed by atoms with E-state index in [2.05, 4.69) is 50.1 Å². The Kier molecular flexibility index (Phi) is 6.16. The van der Waals surface area contributed by atoms with Gasteiger partial charge in [0.25, 0.3) is 5.56 Å². The SMILES string of the molecule is Cc1cccc2c(=O)n(CCC(=O)Nc3c(C(C)C)cccc3C(C)C)cnc12. The van der Waals surface area contributed by atoms with Gasteiger partial charge < -0.3 is 5.32 Å². The molecule has 0 unspecified atom stereocenters. The number of benzene rings is 2. The summed E-state index contributed by atoms with van der Waals surface area (Å²) < 4.78 is 1.51. The Morgan fingerprint density at radius 1 is 1.03 bits per heavy atom. The Labute approximate surface area is 171 Å². The second kappa shape index (κ2) is 8.60. The molecule has 2 aromatic carbocycles. The number of carbonyl (C=O) groups is 1. The van der Waals surface area contributed by atoms with E-state index in [-0.39, 0.29) is 17.9 Å². The fraction of sp³-hybridized carbons (Fsp3) is 0.375. The number of nitrogens with zero attached hydrogens (tertiary/aromatic N) is 2. The summed E-state index contributed by atoms with van der Waals surface area (Å²) in [6.45, 7) is 10.7. The Morgan fingerprint density at radius 2 is 1.66 bits per heavy atom. The fourth-order valence-corrected chi connectivity index (χ4v) is 3.62. The largest absolute Gasteiger partial charge is 0.326 e. The molecule has 1 amide bonds. The van der Waals surface area contributed by atoms with Gasteiger partial charge in [-0.3, -0.25) is 14.2 Å². The van der Waals surface area contributed by atoms with E-state index in [0.717, 1.165) is 22.4 Å². The van der Waals surface area contributed by atoms with Gasteiger partial charge in [0.2, 0.25) is 5.91 Å². The Morgan fingerprint density at radius 3 is 2.28 bits per heavy atom. The van der Waals surface area contributed by atoms with Crippen LogP contribution >= 0.6 is 0 Å². The normalized spacial score (nSPS) is 11.4. The smallest absolute Gasteiger partial charge is 0.261 e. The maximum atomic E-state index is 12.7. The summed E-state index contributed by atoms with van der Waals surface area (Å²) in [5, 5.41) is 3.69. The number of rotatable bonds is 6. The van der Waals surface area contributed by atoms with E-state index in [4.69, 9.17) is 0 Å². The highest BCUT2D eigenvalue weighted by atomic mass is 16.2. The van der Waals surface area contributed by atoms with Gasteiger partial charge in [-0.2, -0.15) is 0 Å². The van der Waals surface area contributed by atoms with E-state index in [1.807, 2.05) is 25.1 Å². The van der Waals surface area contributed by atoms with E-state index in [1.54, 1.807) is 6.07 Å². The van der Waals surface area contributed by atoms with Crippen LogP contribution in [0.2, 0.25) is 0 Å². The van der Waals surface area contributed by atoms with Crippen LogP contribution in [0.4, 0.5) is 5.69 Å². The van der Waals surface area contributed by atoms with E-state index in [0.29, 0.717) is 29.3 Å². The van der Waals surface area contributed by atoms with Gasteiger partial charge in [0, 0.05) is 18.7 Å². The Hall–Kier alpha value is -2.95. The van der Waals surface area contributed by atoms with Crippen LogP contribution in [0.1, 0.15) is 62.6 Å². The second-order valence-electron chi connectivity index (χ2n) is 8.13. The molecular weight excluding hydrogens is 362 g/mol. The lowest BCUT2D eigenvalue weighted by Gasteiger charge is -2.20. The van der Waals surface area contributed by atoms with Crippen LogP contribution in [-0.2, 0) is 11.3 Å². The minimum absolute atomic E-state index is 0.101. The van der Waals surface area contributed by atoms with Crippen LogP contribution in [0, 0.1) is 6.92 Å². The van der Waals surface area contributed by atoms with Gasteiger partial charge in [-0.25, -0.2) is 4.98 Å². The molecule has 0 saturated heterocycles. The van der Waals surface area contributed by atoms with E-state index >= 15 is 0 Å². The van der Waals surface area contributed by atoms with Crippen molar-refractivity contribution in [1.29, 1.82) is 0 Å². The zero-order valence-electron chi connectivity index (χ0n) is 17.8. The number of para-hydroxylation sites is 2. The van der Waals surface area contributed by atoms with Gasteiger partial charge in [0.05, 0.1) is 17.2 Å². The van der Waals surface area contributed by atoms with Crippen molar-refractivity contribution in [3.63, 3.8) is 0 Å². The average molecular weight is 392 g/mol. The van der Waals surface area contributed by atoms with E-state index < -0.39 is 0 Å². The predicted molar refractivity (Wildman–Crippen MR) is 119 cm³/mol. The summed E-state index contributed by atoms with van der Waals surface area (Å²) in [5.41, 5.74) is 4.73. The topological polar surface area (TPSA) is 64.0 Å². The number of hydrogen-bond acceptors (Lipinski definition) is 3. The zero-order valence-corrected chi connectivity index (χ0v) is 17.8. The van der Waals surface area contributed by atoms with Crippen LogP contribution in [0.15, 0.2) is 47.5 Å². The number of hydrogen-bond donors (Lipinski definition) is 1. The first-order valence-corrected chi connectivity index (χ1v) is 10.2. The first-order valence-electron chi connectivity index (χ1n) is 10.2. The Balaban J connectivity index is 1.80. The standard InChI is InChI=1S/C24H29N3O2/c1-15(2)18-9-7-10-19(16(3)4)23(18)26-21(28)12-13-27-14-25-22-17(5)8-6-11-20(22)24(27)29/h6-11,14-16H,12-13H2,1-5H3,(H,26,28). The van der Waals surface area contributed by atoms with Gasteiger partial charge in [-0.1, -0.05) is 58.0 Å². The minimum Gasteiger partial charge on any atom is -0.326 e. The molecule has 0 radical (unpaired) electrons. The molecule has 1 aromatic heterocycles. The highest BCUT2D eigenvalue weighted by molar-refractivity contribution is 5.92. The summed E-state index contributed by atoms with van der Waals surface area (Å²) >= 11 is 0. The lowest BCUT2D eigenvalue weighted by atomic mass is 9.92. The molecule has 0 atom stereocenters. The van der Waals surface area contributed by atoms with Crippen molar-refractivity contribution in [3.05, 3.63) is 69.8 Å². The van der Waals surface area contributed by atoms with Crippen LogP contribution in [0.5, 0.6) is 0 Å². The minimum atomic E-state index is -0.114. The van der Waals surface area contributed by atoms with E-state index in [9.17, 15) is 9.59 Å². The molecule has 0 bridgehead atoms. The number of anilines is 1. The highest BCUT2D eigenvalue weighted by Crippen LogP contribution is 2.32. The third-order valence-corrected chi connectivity index (χ3v) is 5.27. The van der Waals surface area contributed by atoms with Crippen molar-refractivity contribution in [2.75, 3.05) is 5.32 Å². The van der Waals surface area contributed by atoms with Gasteiger partial charge >= 0.3 is 0 Å². The Bertz CT molecular complexity index is 1070. The molecule has 0 aliphatic carbocycles. The van der Waals surface area contributed by atoms with Crippen LogP contribution in [0.3, 0.4) is 0 Å². The van der Waals surface area contributed by atoms with Gasteiger partial charge in [0.1, 0.15) is 0 Å². The number of aryl methyl sites for hydroxylation is 2. The van der Waals surface area contributed by atoms with Crippen LogP contribution in [0.25, 0.3) is 10.9 Å². The number of carbonyl (C=O) groups excluding carboxylic acids is 1. The maximum absolute atomic E-state index is 12.7. The third-order valence-electron chi connectivity index (χ3n) is 5.27. The summed E-state index contributed by atoms with van der Waals surface area (Å²) in [6, 6.07) is 11.7. The van der Waals surface area contributed by atoms with Crippen molar-refractivity contribution in [2.24, 2.45) is 0 Å². The number of nitrogens with one attached hydrogen (secondary N) is 1. The summed E-state index contributed by atoms with van der Waals surface area (Å²) in [5.74, 6) is 0.510. The molecule has 0 spiro atoms. The summed E-state index contributed by atoms with van der Waals surface area (Å²) in [4.78, 5) is 29.9. The molecule has 0 aliphatic heterocycles. The maximum Gasteiger partial charge on any atom is 0.261 e. The fourth-order valence-electron chi connectivity index (χ4n) is 3.62. The number of amides is 1. The van der Waals surface area contributed by atoms with E-state index in [1.165, 1.54) is 10.9 Å². The molecule has 1 N–H and O–H groups in total. The first kappa shape index (κ1) is 20.8. The monoisotopic (exact) mass is 391 g/mol. The van der Waals surface area contributed by atoms with Crippen molar-refractivity contribution >= 4 is 22.5 Å². The summed E-state index contributed by atoms with van der Waals surface area (Å²) in [7, 11) is 0. The molecule has 29 heavy (non-hydrogen) atoms. The molecule has 5 heteroatoms. The van der Waals surface area contributed by atoms with Crippen molar-refractivity contribution in [3.8, 4) is 0 Å². The van der Waals surface area contributed by atoms with Crippen LogP contribution < -0.4 is 10.9 Å². The van der Waals surface area contributed by atoms with Crippen molar-refractivity contribution in [2.45, 2.75) is 59.4 Å². The second-order valence-corrected chi connectivity index (χ2v) is 8.13. The van der Waals surface area contributed by atoms with Gasteiger partial charge in [-0.15, -0.1) is 0 Å². The predicted octanol–water partition coefficient (Wildman–Crippen LogP) is 4.98. The molecule has 0 saturated carbocycles. The van der Waals surface area contributed by atoms with Gasteiger partial charge in [0.15, 0.2) is 0 Å². The summed E-state index contributed by atoms with van der Waals surface area (Å²) in [6.07, 6.45) is 1.75. The highest BCUT2D eigenvalue weighted by Gasteiger charge is 2.16. The molecule has 3 aromatic rings. The molecule has 0 aliphatic rings. The van der Waals surface area contributed by atoms with Crippen LogP contribution in [-0.4, -0.2) is 15.5 Å². The zero-order chi connectivity index (χ0) is 21.1.